The van der Waals surface area contributed by atoms with Gasteiger partial charge in [0.25, 0.3) is 0 Å². The Morgan fingerprint density at radius 3 is 2.86 bits per heavy atom. The predicted molar refractivity (Wildman–Crippen MR) is 53.5 cm³/mol. The summed E-state index contributed by atoms with van der Waals surface area (Å²) in [6.45, 7) is 2.02. The summed E-state index contributed by atoms with van der Waals surface area (Å²) in [6, 6.07) is 2.82. The van der Waals surface area contributed by atoms with Crippen LogP contribution in [0.2, 0.25) is 0 Å². The van der Waals surface area contributed by atoms with Crippen LogP contribution in [0.3, 0.4) is 0 Å². The van der Waals surface area contributed by atoms with Gasteiger partial charge in [-0.15, -0.1) is 0 Å². The lowest BCUT2D eigenvalue weighted by atomic mass is 10.1. The molecule has 0 bridgehead atoms. The third-order valence-corrected chi connectivity index (χ3v) is 2.26. The van der Waals surface area contributed by atoms with Gasteiger partial charge in [-0.1, -0.05) is 6.92 Å². The van der Waals surface area contributed by atoms with Crippen LogP contribution in [0, 0.1) is 0 Å². The Morgan fingerprint density at radius 1 is 1.36 bits per heavy atom. The first kappa shape index (κ1) is 8.94. The second-order valence-corrected chi connectivity index (χ2v) is 3.30. The van der Waals surface area contributed by atoms with E-state index < -0.39 is 0 Å². The first-order valence-corrected chi connectivity index (χ1v) is 4.61. The zero-order valence-corrected chi connectivity index (χ0v) is 7.90. The molecule has 0 saturated carbocycles. The van der Waals surface area contributed by atoms with Crippen molar-refractivity contribution in [1.82, 2.24) is 0 Å². The van der Waals surface area contributed by atoms with Gasteiger partial charge >= 0.3 is 0 Å². The minimum absolute atomic E-state index is 0.0198. The average Bonchev–Trinajstić information content (AvgIpc) is 2.16. The Hall–Kier alpha value is -1.64. The molecule has 0 radical (unpaired) electrons. The minimum Gasteiger partial charge on any atom is -0.508 e. The van der Waals surface area contributed by atoms with Crippen LogP contribution in [0.5, 0.6) is 17.2 Å². The highest BCUT2D eigenvalue weighted by Gasteiger charge is 2.16. The van der Waals surface area contributed by atoms with Crippen molar-refractivity contribution in [2.45, 2.75) is 19.4 Å². The first-order valence-electron chi connectivity index (χ1n) is 4.61. The molecular formula is C11H12O3. The van der Waals surface area contributed by atoms with Crippen molar-refractivity contribution in [3.05, 3.63) is 23.8 Å². The van der Waals surface area contributed by atoms with Crippen LogP contribution in [0.25, 0.3) is 6.08 Å². The van der Waals surface area contributed by atoms with E-state index in [2.05, 4.69) is 0 Å². The van der Waals surface area contributed by atoms with Crippen LogP contribution < -0.4 is 4.74 Å². The van der Waals surface area contributed by atoms with Gasteiger partial charge < -0.3 is 14.9 Å². The summed E-state index contributed by atoms with van der Waals surface area (Å²) in [5.74, 6) is 0.606. The van der Waals surface area contributed by atoms with Gasteiger partial charge in [-0.3, -0.25) is 0 Å². The minimum atomic E-state index is 0.0198. The van der Waals surface area contributed by atoms with Crippen LogP contribution in [-0.4, -0.2) is 16.3 Å². The summed E-state index contributed by atoms with van der Waals surface area (Å²) in [5.41, 5.74) is 0.632. The number of hydrogen-bond acceptors (Lipinski definition) is 3. The standard InChI is InChI=1S/C11H12O3/c1-2-8-3-4-9-10(13)5-7(12)6-11(9)14-8/h3-6,8,12-13H,2H2,1H3/t8-/m0/s1. The summed E-state index contributed by atoms with van der Waals surface area (Å²) in [7, 11) is 0. The molecule has 0 amide bonds. The van der Waals surface area contributed by atoms with Gasteiger partial charge in [-0.2, -0.15) is 0 Å². The molecule has 1 aliphatic rings. The number of aromatic hydroxyl groups is 2. The topological polar surface area (TPSA) is 49.7 Å². The van der Waals surface area contributed by atoms with E-state index >= 15 is 0 Å². The highest BCUT2D eigenvalue weighted by molar-refractivity contribution is 5.67. The largest absolute Gasteiger partial charge is 0.508 e. The molecule has 1 heterocycles. The van der Waals surface area contributed by atoms with Gasteiger partial charge in [0.15, 0.2) is 0 Å². The molecule has 2 rings (SSSR count). The molecule has 3 nitrogen and oxygen atoms in total. The number of phenols is 2. The molecule has 0 aliphatic carbocycles. The number of hydrogen-bond donors (Lipinski definition) is 2. The number of fused-ring (bicyclic) bond motifs is 1. The van der Waals surface area contributed by atoms with Gasteiger partial charge in [0.1, 0.15) is 23.4 Å². The maximum atomic E-state index is 9.50. The lowest BCUT2D eigenvalue weighted by Gasteiger charge is -2.20. The van der Waals surface area contributed by atoms with Crippen molar-refractivity contribution in [2.75, 3.05) is 0 Å². The molecule has 0 fully saturated rings. The molecule has 74 valence electrons. The fraction of sp³-hybridized carbons (Fsp3) is 0.273. The normalized spacial score (nSPS) is 18.8. The molecule has 14 heavy (non-hydrogen) atoms. The smallest absolute Gasteiger partial charge is 0.134 e. The lowest BCUT2D eigenvalue weighted by molar-refractivity contribution is 0.239. The first-order chi connectivity index (χ1) is 6.70. The fourth-order valence-electron chi connectivity index (χ4n) is 1.49. The van der Waals surface area contributed by atoms with E-state index in [0.717, 1.165) is 6.42 Å². The Labute approximate surface area is 82.3 Å². The molecule has 1 aromatic carbocycles. The number of ether oxygens (including phenoxy) is 1. The molecule has 1 aromatic rings. The zero-order chi connectivity index (χ0) is 10.1. The number of rotatable bonds is 1. The van der Waals surface area contributed by atoms with Crippen molar-refractivity contribution in [1.29, 1.82) is 0 Å². The van der Waals surface area contributed by atoms with Gasteiger partial charge in [0, 0.05) is 12.1 Å². The van der Waals surface area contributed by atoms with E-state index in [1.165, 1.54) is 12.1 Å². The number of phenolic OH excluding ortho intramolecular Hbond substituents is 2. The summed E-state index contributed by atoms with van der Waals surface area (Å²) in [6.07, 6.45) is 4.62. The van der Waals surface area contributed by atoms with Gasteiger partial charge in [0.2, 0.25) is 0 Å². The van der Waals surface area contributed by atoms with Crippen molar-refractivity contribution in [3.63, 3.8) is 0 Å². The third-order valence-electron chi connectivity index (χ3n) is 2.26. The van der Waals surface area contributed by atoms with Gasteiger partial charge in [-0.05, 0) is 18.6 Å². The van der Waals surface area contributed by atoms with E-state index in [9.17, 15) is 10.2 Å². The maximum absolute atomic E-state index is 9.50. The van der Waals surface area contributed by atoms with Crippen molar-refractivity contribution >= 4 is 6.08 Å². The zero-order valence-electron chi connectivity index (χ0n) is 7.90. The molecule has 0 aromatic heterocycles. The molecular weight excluding hydrogens is 180 g/mol. The van der Waals surface area contributed by atoms with Crippen LogP contribution in [0.4, 0.5) is 0 Å². The van der Waals surface area contributed by atoms with Crippen molar-refractivity contribution in [3.8, 4) is 17.2 Å². The molecule has 3 heteroatoms. The third kappa shape index (κ3) is 1.41. The van der Waals surface area contributed by atoms with E-state index in [4.69, 9.17) is 4.74 Å². The monoisotopic (exact) mass is 192 g/mol. The molecule has 0 saturated heterocycles. The van der Waals surface area contributed by atoms with Crippen molar-refractivity contribution < 1.29 is 14.9 Å². The van der Waals surface area contributed by atoms with E-state index in [-0.39, 0.29) is 17.6 Å². The molecule has 0 unspecified atom stereocenters. The van der Waals surface area contributed by atoms with E-state index in [1.54, 1.807) is 0 Å². The Morgan fingerprint density at radius 2 is 2.14 bits per heavy atom. The highest BCUT2D eigenvalue weighted by atomic mass is 16.5. The van der Waals surface area contributed by atoms with Crippen molar-refractivity contribution in [2.24, 2.45) is 0 Å². The van der Waals surface area contributed by atoms with E-state index in [0.29, 0.717) is 11.3 Å². The maximum Gasteiger partial charge on any atom is 0.134 e. The number of benzene rings is 1. The second kappa shape index (κ2) is 3.25. The highest BCUT2D eigenvalue weighted by Crippen LogP contribution is 2.37. The summed E-state index contributed by atoms with van der Waals surface area (Å²) < 4.78 is 5.54. The van der Waals surface area contributed by atoms with Gasteiger partial charge in [-0.25, -0.2) is 0 Å². The summed E-state index contributed by atoms with van der Waals surface area (Å²) in [4.78, 5) is 0. The van der Waals surface area contributed by atoms with Crippen LogP contribution in [-0.2, 0) is 0 Å². The molecule has 1 aliphatic heterocycles. The Bertz CT molecular complexity index is 382. The van der Waals surface area contributed by atoms with Gasteiger partial charge in [0.05, 0.1) is 5.56 Å². The summed E-state index contributed by atoms with van der Waals surface area (Å²) >= 11 is 0. The van der Waals surface area contributed by atoms with Crippen LogP contribution in [0.1, 0.15) is 18.9 Å². The lowest BCUT2D eigenvalue weighted by Crippen LogP contribution is -2.15. The Balaban J connectivity index is 2.45. The Kier molecular flexibility index (Phi) is 2.08. The van der Waals surface area contributed by atoms with Crippen LogP contribution in [0.15, 0.2) is 18.2 Å². The SMILES string of the molecule is CC[C@H]1C=Cc2c(O)cc(O)cc2O1. The van der Waals surface area contributed by atoms with E-state index in [1.807, 2.05) is 19.1 Å². The predicted octanol–water partition coefficient (Wildman–Crippen LogP) is 2.28. The average molecular weight is 192 g/mol. The molecule has 2 N–H and O–H groups in total. The molecule has 0 spiro atoms. The summed E-state index contributed by atoms with van der Waals surface area (Å²) in [5, 5.41) is 18.8. The quantitative estimate of drug-likeness (QED) is 0.717. The molecule has 1 atom stereocenters. The van der Waals surface area contributed by atoms with Crippen LogP contribution >= 0.6 is 0 Å². The fourth-order valence-corrected chi connectivity index (χ4v) is 1.49. The second-order valence-electron chi connectivity index (χ2n) is 3.30.